The number of nitrogens with one attached hydrogen (secondary N) is 2. The minimum Gasteiger partial charge on any atom is -0.490 e. The van der Waals surface area contributed by atoms with Gasteiger partial charge < -0.3 is 19.7 Å². The summed E-state index contributed by atoms with van der Waals surface area (Å²) in [4.78, 5) is 40.7. The fourth-order valence-corrected chi connectivity index (χ4v) is 4.16. The number of anilines is 1. The Balaban J connectivity index is 1.51. The lowest BCUT2D eigenvalue weighted by Gasteiger charge is -2.13. The smallest absolute Gasteiger partial charge is 0.345 e. The van der Waals surface area contributed by atoms with Crippen LogP contribution >= 0.6 is 11.6 Å². The van der Waals surface area contributed by atoms with Crippen LogP contribution in [-0.4, -0.2) is 44.7 Å². The molecule has 0 aliphatic heterocycles. The van der Waals surface area contributed by atoms with Gasteiger partial charge in [-0.15, -0.1) is 0 Å². The van der Waals surface area contributed by atoms with Gasteiger partial charge >= 0.3 is 5.97 Å². The number of hydrogen-bond acceptors (Lipinski definition) is 7. The molecule has 0 saturated heterocycles. The lowest BCUT2D eigenvalue weighted by Crippen LogP contribution is -2.32. The highest BCUT2D eigenvalue weighted by atomic mass is 35.5. The van der Waals surface area contributed by atoms with E-state index in [9.17, 15) is 14.4 Å². The van der Waals surface area contributed by atoms with E-state index in [4.69, 9.17) is 21.1 Å². The number of hydrogen-bond donors (Lipinski definition) is 2. The predicted octanol–water partition coefficient (Wildman–Crippen LogP) is 5.95. The van der Waals surface area contributed by atoms with Gasteiger partial charge in [0, 0.05) is 25.3 Å². The molecule has 0 aromatic heterocycles. The standard InChI is InChI=1S/C34H31ClN4O5/c1-4-43-31-21-24(16-19-30(31)44-34(42)27-12-8-9-13-28(27)35)22-36-38-33(41)29(37-32(40)25-10-6-5-7-11-25)20-23-14-17-26(18-15-23)39(2)3/h5-22H,4H2,1-3H3,(H,37,40)(H,38,41)/b29-20+,36-22-. The van der Waals surface area contributed by atoms with Gasteiger partial charge in [-0.1, -0.05) is 54.1 Å². The second-order valence-corrected chi connectivity index (χ2v) is 9.98. The monoisotopic (exact) mass is 610 g/mol. The molecule has 2 N–H and O–H groups in total. The minimum atomic E-state index is -0.627. The SMILES string of the molecule is CCOc1cc(/C=N\NC(=O)/C(=C\c2ccc(N(C)C)cc2)NC(=O)c2ccccc2)ccc1OC(=O)c1ccccc1Cl. The average molecular weight is 611 g/mol. The first kappa shape index (κ1) is 31.5. The second kappa shape index (κ2) is 15.2. The highest BCUT2D eigenvalue weighted by Crippen LogP contribution is 2.29. The molecule has 4 aromatic rings. The summed E-state index contributed by atoms with van der Waals surface area (Å²) in [5.74, 6) is -1.19. The number of carbonyl (C=O) groups is 3. The normalized spacial score (nSPS) is 11.1. The van der Waals surface area contributed by atoms with Gasteiger partial charge in [0.2, 0.25) is 0 Å². The van der Waals surface area contributed by atoms with Gasteiger partial charge in [-0.05, 0) is 78.7 Å². The van der Waals surface area contributed by atoms with Gasteiger partial charge in [0.15, 0.2) is 11.5 Å². The molecular formula is C34H31ClN4O5. The number of rotatable bonds is 11. The Morgan fingerprint density at radius 1 is 0.864 bits per heavy atom. The van der Waals surface area contributed by atoms with E-state index in [1.165, 1.54) is 6.21 Å². The molecule has 0 heterocycles. The van der Waals surface area contributed by atoms with E-state index in [-0.39, 0.29) is 22.0 Å². The molecule has 0 atom stereocenters. The summed E-state index contributed by atoms with van der Waals surface area (Å²) in [6.45, 7) is 2.12. The van der Waals surface area contributed by atoms with Gasteiger partial charge in [-0.25, -0.2) is 10.2 Å². The van der Waals surface area contributed by atoms with E-state index in [1.54, 1.807) is 85.8 Å². The highest BCUT2D eigenvalue weighted by Gasteiger charge is 2.17. The number of halogens is 1. The fraction of sp³-hybridized carbons (Fsp3) is 0.118. The Morgan fingerprint density at radius 3 is 2.23 bits per heavy atom. The summed E-state index contributed by atoms with van der Waals surface area (Å²) in [7, 11) is 3.86. The first-order valence-electron chi connectivity index (χ1n) is 13.7. The van der Waals surface area contributed by atoms with Crippen LogP contribution in [-0.2, 0) is 4.79 Å². The molecule has 9 nitrogen and oxygen atoms in total. The molecule has 0 bridgehead atoms. The zero-order valence-electron chi connectivity index (χ0n) is 24.4. The van der Waals surface area contributed by atoms with Crippen LogP contribution in [0.4, 0.5) is 5.69 Å². The number of esters is 1. The molecule has 10 heteroatoms. The molecule has 4 aromatic carbocycles. The Kier molecular flexibility index (Phi) is 10.9. The first-order chi connectivity index (χ1) is 21.2. The molecule has 0 unspecified atom stereocenters. The molecule has 4 rings (SSSR count). The van der Waals surface area contributed by atoms with Gasteiger partial charge in [-0.3, -0.25) is 9.59 Å². The maximum absolute atomic E-state index is 13.2. The van der Waals surface area contributed by atoms with Crippen molar-refractivity contribution in [3.05, 3.63) is 130 Å². The third-order valence-corrected chi connectivity index (χ3v) is 6.52. The number of nitrogens with zero attached hydrogens (tertiary/aromatic N) is 2. The number of carbonyl (C=O) groups excluding carboxylic acids is 3. The van der Waals surface area contributed by atoms with Crippen molar-refractivity contribution in [1.29, 1.82) is 0 Å². The van der Waals surface area contributed by atoms with Crippen molar-refractivity contribution in [2.24, 2.45) is 5.10 Å². The van der Waals surface area contributed by atoms with Crippen molar-refractivity contribution >= 4 is 47.4 Å². The maximum atomic E-state index is 13.2. The number of amides is 2. The third kappa shape index (κ3) is 8.56. The van der Waals surface area contributed by atoms with Crippen molar-refractivity contribution in [2.45, 2.75) is 6.92 Å². The molecule has 224 valence electrons. The topological polar surface area (TPSA) is 109 Å². The number of hydrazone groups is 1. The van der Waals surface area contributed by atoms with Crippen LogP contribution in [0.1, 0.15) is 38.8 Å². The lowest BCUT2D eigenvalue weighted by atomic mass is 10.1. The van der Waals surface area contributed by atoms with Gasteiger partial charge in [0.1, 0.15) is 5.70 Å². The Labute approximate surface area is 260 Å². The average Bonchev–Trinajstić information content (AvgIpc) is 3.02. The molecule has 0 aliphatic rings. The molecule has 0 spiro atoms. The summed E-state index contributed by atoms with van der Waals surface area (Å²) in [5, 5.41) is 7.02. The maximum Gasteiger partial charge on any atom is 0.345 e. The number of benzene rings is 4. The summed E-state index contributed by atoms with van der Waals surface area (Å²) >= 11 is 6.13. The van der Waals surface area contributed by atoms with E-state index in [2.05, 4.69) is 15.8 Å². The molecule has 2 amide bonds. The van der Waals surface area contributed by atoms with Gasteiger partial charge in [0.05, 0.1) is 23.4 Å². The van der Waals surface area contributed by atoms with Crippen molar-refractivity contribution in [3.8, 4) is 11.5 Å². The third-order valence-electron chi connectivity index (χ3n) is 6.19. The summed E-state index contributed by atoms with van der Waals surface area (Å²) in [6.07, 6.45) is 2.98. The van der Waals surface area contributed by atoms with E-state index in [0.29, 0.717) is 29.0 Å². The largest absolute Gasteiger partial charge is 0.490 e. The molecular weight excluding hydrogens is 580 g/mol. The van der Waals surface area contributed by atoms with Crippen LogP contribution in [0.15, 0.2) is 108 Å². The molecule has 0 radical (unpaired) electrons. The van der Waals surface area contributed by atoms with Crippen LogP contribution < -0.4 is 25.1 Å². The van der Waals surface area contributed by atoms with Crippen LogP contribution in [0.5, 0.6) is 11.5 Å². The summed E-state index contributed by atoms with van der Waals surface area (Å²) in [5.41, 5.74) is 5.35. The quantitative estimate of drug-likeness (QED) is 0.0715. The van der Waals surface area contributed by atoms with Crippen LogP contribution in [0.25, 0.3) is 6.08 Å². The van der Waals surface area contributed by atoms with Crippen LogP contribution in [0.2, 0.25) is 5.02 Å². The molecule has 0 fully saturated rings. The van der Waals surface area contributed by atoms with E-state index < -0.39 is 17.8 Å². The first-order valence-corrected chi connectivity index (χ1v) is 14.1. The van der Waals surface area contributed by atoms with E-state index in [0.717, 1.165) is 5.69 Å². The Hall–Kier alpha value is -5.41. The minimum absolute atomic E-state index is 0.00504. The van der Waals surface area contributed by atoms with Crippen molar-refractivity contribution in [3.63, 3.8) is 0 Å². The Morgan fingerprint density at radius 2 is 1.55 bits per heavy atom. The molecule has 44 heavy (non-hydrogen) atoms. The second-order valence-electron chi connectivity index (χ2n) is 9.57. The van der Waals surface area contributed by atoms with Gasteiger partial charge in [0.25, 0.3) is 11.8 Å². The molecule has 0 aliphatic carbocycles. The Bertz CT molecular complexity index is 1690. The highest BCUT2D eigenvalue weighted by molar-refractivity contribution is 6.33. The predicted molar refractivity (Wildman–Crippen MR) is 172 cm³/mol. The molecule has 0 saturated carbocycles. The van der Waals surface area contributed by atoms with Gasteiger partial charge in [-0.2, -0.15) is 5.10 Å². The zero-order chi connectivity index (χ0) is 31.5. The number of ether oxygens (including phenoxy) is 2. The summed E-state index contributed by atoms with van der Waals surface area (Å²) in [6, 6.07) is 27.5. The lowest BCUT2D eigenvalue weighted by molar-refractivity contribution is -0.117. The van der Waals surface area contributed by atoms with Crippen LogP contribution in [0.3, 0.4) is 0 Å². The summed E-state index contributed by atoms with van der Waals surface area (Å²) < 4.78 is 11.2. The van der Waals surface area contributed by atoms with E-state index in [1.807, 2.05) is 43.3 Å². The zero-order valence-corrected chi connectivity index (χ0v) is 25.2. The van der Waals surface area contributed by atoms with E-state index >= 15 is 0 Å². The van der Waals surface area contributed by atoms with Crippen molar-refractivity contribution < 1.29 is 23.9 Å². The fourth-order valence-electron chi connectivity index (χ4n) is 3.94. The van der Waals surface area contributed by atoms with Crippen molar-refractivity contribution in [2.75, 3.05) is 25.6 Å². The van der Waals surface area contributed by atoms with Crippen molar-refractivity contribution in [1.82, 2.24) is 10.7 Å². The van der Waals surface area contributed by atoms with Crippen LogP contribution in [0, 0.1) is 0 Å².